The Balaban J connectivity index is 2.02. The van der Waals surface area contributed by atoms with Crippen molar-refractivity contribution in [2.24, 2.45) is 20.0 Å². The van der Waals surface area contributed by atoms with Crippen LogP contribution in [0.2, 0.25) is 0 Å². The molecule has 0 saturated heterocycles. The second-order valence-corrected chi connectivity index (χ2v) is 7.59. The van der Waals surface area contributed by atoms with Crippen LogP contribution in [0.3, 0.4) is 0 Å². The predicted octanol–water partition coefficient (Wildman–Crippen LogP) is 3.72. The van der Waals surface area contributed by atoms with E-state index in [9.17, 15) is 19.2 Å². The lowest BCUT2D eigenvalue weighted by Gasteiger charge is -2.47. The van der Waals surface area contributed by atoms with Gasteiger partial charge in [-0.15, -0.1) is 0 Å². The van der Waals surface area contributed by atoms with Gasteiger partial charge in [-0.2, -0.15) is 15.0 Å². The maximum atomic E-state index is 11.6. The summed E-state index contributed by atoms with van der Waals surface area (Å²) in [6.07, 6.45) is 11.6. The molecule has 2 aliphatic rings. The largest absolute Gasteiger partial charge is 0.240 e. The molecule has 0 N–H and O–H groups in total. The van der Waals surface area contributed by atoms with Gasteiger partial charge in [-0.25, -0.2) is 24.2 Å². The molecule has 1 saturated carbocycles. The van der Waals surface area contributed by atoms with Crippen molar-refractivity contribution in [2.45, 2.75) is 42.8 Å². The fourth-order valence-electron chi connectivity index (χ4n) is 4.95. The fraction of sp³-hybridized carbons (Fsp3) is 0.304. The van der Waals surface area contributed by atoms with E-state index in [1.54, 1.807) is 42.5 Å². The smallest absolute Gasteiger partial charge is 0.211 e. The van der Waals surface area contributed by atoms with Gasteiger partial charge in [-0.1, -0.05) is 30.3 Å². The van der Waals surface area contributed by atoms with E-state index in [0.717, 1.165) is 10.8 Å². The predicted molar refractivity (Wildman–Crippen MR) is 112 cm³/mol. The molecule has 1 atom stereocenters. The SMILES string of the molecule is O=C=Nc1ccc2cccc3c2c1C=CC3(N=C=O)C1(N=C=O)CCC(N=C=O)CC1. The topological polar surface area (TPSA) is 118 Å². The zero-order valence-corrected chi connectivity index (χ0v) is 16.4. The first-order chi connectivity index (χ1) is 15.1. The molecule has 31 heavy (non-hydrogen) atoms. The second kappa shape index (κ2) is 8.00. The quantitative estimate of drug-likeness (QED) is 0.549. The molecule has 1 unspecified atom stereocenters. The van der Waals surface area contributed by atoms with Crippen LogP contribution < -0.4 is 0 Å². The number of nitrogens with zero attached hydrogens (tertiary/aromatic N) is 4. The zero-order chi connectivity index (χ0) is 21.9. The van der Waals surface area contributed by atoms with Crippen molar-refractivity contribution in [1.82, 2.24) is 0 Å². The van der Waals surface area contributed by atoms with Gasteiger partial charge < -0.3 is 0 Å². The van der Waals surface area contributed by atoms with Gasteiger partial charge in [0.25, 0.3) is 0 Å². The minimum atomic E-state index is -1.31. The molecule has 8 heteroatoms. The van der Waals surface area contributed by atoms with Crippen molar-refractivity contribution in [3.63, 3.8) is 0 Å². The molecule has 0 aliphatic heterocycles. The summed E-state index contributed by atoms with van der Waals surface area (Å²) in [7, 11) is 0. The molecule has 1 fully saturated rings. The highest BCUT2D eigenvalue weighted by atomic mass is 16.1. The molecule has 0 aromatic heterocycles. The number of hydrogen-bond donors (Lipinski definition) is 0. The van der Waals surface area contributed by atoms with Crippen LogP contribution in [0, 0.1) is 0 Å². The van der Waals surface area contributed by atoms with E-state index in [2.05, 4.69) is 20.0 Å². The van der Waals surface area contributed by atoms with Gasteiger partial charge in [0.15, 0.2) is 0 Å². The lowest BCUT2D eigenvalue weighted by Crippen LogP contribution is -2.51. The van der Waals surface area contributed by atoms with Gasteiger partial charge in [0.05, 0.1) is 11.7 Å². The number of hydrogen-bond acceptors (Lipinski definition) is 8. The van der Waals surface area contributed by atoms with Crippen LogP contribution in [-0.2, 0) is 24.7 Å². The summed E-state index contributed by atoms with van der Waals surface area (Å²) in [5.74, 6) is 0. The van der Waals surface area contributed by atoms with Gasteiger partial charge >= 0.3 is 0 Å². The number of carbonyl (C=O) groups excluding carboxylic acids is 4. The van der Waals surface area contributed by atoms with Crippen LogP contribution in [0.15, 0.2) is 56.4 Å². The number of isocyanates is 4. The molecule has 0 amide bonds. The Kier molecular flexibility index (Phi) is 5.22. The standard InChI is InChI=1S/C23H16N4O4/c28-12-24-17-6-9-22(10-7-17,26-14-30)23(27-15-31)11-8-18-20(25-13-29)5-4-16-2-1-3-19(23)21(16)18/h1-5,8,11,17H,6-7,9-10H2. The zero-order valence-electron chi connectivity index (χ0n) is 16.4. The Bertz CT molecular complexity index is 1280. The molecule has 8 nitrogen and oxygen atoms in total. The monoisotopic (exact) mass is 412 g/mol. The Morgan fingerprint density at radius 3 is 2.32 bits per heavy atom. The average Bonchev–Trinajstić information content (AvgIpc) is 2.79. The Morgan fingerprint density at radius 1 is 0.871 bits per heavy atom. The third-order valence-corrected chi connectivity index (χ3v) is 6.34. The van der Waals surface area contributed by atoms with Gasteiger partial charge in [0.1, 0.15) is 11.1 Å². The molecule has 152 valence electrons. The maximum absolute atomic E-state index is 11.6. The second-order valence-electron chi connectivity index (χ2n) is 7.59. The van der Waals surface area contributed by atoms with E-state index in [1.165, 1.54) is 0 Å². The third-order valence-electron chi connectivity index (χ3n) is 6.34. The molecule has 2 aromatic rings. The third kappa shape index (κ3) is 3.04. The molecular weight excluding hydrogens is 396 g/mol. The van der Waals surface area contributed by atoms with E-state index in [0.29, 0.717) is 42.5 Å². The first-order valence-electron chi connectivity index (χ1n) is 9.73. The number of rotatable bonds is 5. The number of benzene rings is 2. The van der Waals surface area contributed by atoms with Crippen LogP contribution >= 0.6 is 0 Å². The number of aliphatic imine (C=N–C) groups is 4. The summed E-state index contributed by atoms with van der Waals surface area (Å²) >= 11 is 0. The van der Waals surface area contributed by atoms with Crippen molar-refractivity contribution in [3.8, 4) is 0 Å². The van der Waals surface area contributed by atoms with Gasteiger partial charge in [0, 0.05) is 5.56 Å². The molecular formula is C23H16N4O4. The molecule has 2 aliphatic carbocycles. The summed E-state index contributed by atoms with van der Waals surface area (Å²) in [4.78, 5) is 60.7. The molecule has 0 bridgehead atoms. The highest BCUT2D eigenvalue weighted by molar-refractivity contribution is 6.00. The van der Waals surface area contributed by atoms with Gasteiger partial charge in [-0.3, -0.25) is 0 Å². The molecule has 0 heterocycles. The van der Waals surface area contributed by atoms with E-state index in [-0.39, 0.29) is 6.04 Å². The highest BCUT2D eigenvalue weighted by Gasteiger charge is 2.55. The van der Waals surface area contributed by atoms with Crippen LogP contribution in [0.25, 0.3) is 16.8 Å². The van der Waals surface area contributed by atoms with E-state index < -0.39 is 11.1 Å². The summed E-state index contributed by atoms with van der Waals surface area (Å²) in [5, 5.41) is 1.62. The van der Waals surface area contributed by atoms with E-state index in [4.69, 9.17) is 0 Å². The molecule has 0 spiro atoms. The Morgan fingerprint density at radius 2 is 1.65 bits per heavy atom. The minimum Gasteiger partial charge on any atom is -0.211 e. The first-order valence-corrected chi connectivity index (χ1v) is 9.73. The lowest BCUT2D eigenvalue weighted by atomic mass is 9.62. The van der Waals surface area contributed by atoms with Crippen LogP contribution in [-0.4, -0.2) is 35.9 Å². The normalized spacial score (nSPS) is 26.0. The van der Waals surface area contributed by atoms with Crippen molar-refractivity contribution in [1.29, 1.82) is 0 Å². The maximum Gasteiger partial charge on any atom is 0.240 e. The molecule has 2 aromatic carbocycles. The average molecular weight is 412 g/mol. The molecule has 4 rings (SSSR count). The van der Waals surface area contributed by atoms with Crippen molar-refractivity contribution >= 4 is 46.9 Å². The first kappa shape index (κ1) is 20.2. The van der Waals surface area contributed by atoms with E-state index >= 15 is 0 Å². The van der Waals surface area contributed by atoms with Crippen LogP contribution in [0.5, 0.6) is 0 Å². The van der Waals surface area contributed by atoms with Gasteiger partial charge in [-0.05, 0) is 54.2 Å². The summed E-state index contributed by atoms with van der Waals surface area (Å²) in [5.41, 5.74) is -0.624. The van der Waals surface area contributed by atoms with Crippen LogP contribution in [0.1, 0.15) is 36.8 Å². The Hall–Kier alpha value is -4.04. The summed E-state index contributed by atoms with van der Waals surface area (Å²) in [6, 6.07) is 8.86. The minimum absolute atomic E-state index is 0.228. The van der Waals surface area contributed by atoms with Crippen LogP contribution in [0.4, 0.5) is 5.69 Å². The molecule has 0 radical (unpaired) electrons. The summed E-state index contributed by atoms with van der Waals surface area (Å²) in [6.45, 7) is 0. The lowest BCUT2D eigenvalue weighted by molar-refractivity contribution is 0.190. The summed E-state index contributed by atoms with van der Waals surface area (Å²) < 4.78 is 0. The van der Waals surface area contributed by atoms with Crippen molar-refractivity contribution in [2.75, 3.05) is 0 Å². The highest BCUT2D eigenvalue weighted by Crippen LogP contribution is 2.54. The van der Waals surface area contributed by atoms with Crippen molar-refractivity contribution in [3.05, 3.63) is 47.5 Å². The van der Waals surface area contributed by atoms with Gasteiger partial charge in [0.2, 0.25) is 24.3 Å². The van der Waals surface area contributed by atoms with Crippen molar-refractivity contribution < 1.29 is 19.2 Å². The fourth-order valence-corrected chi connectivity index (χ4v) is 4.95. The Labute approximate surface area is 176 Å². The van der Waals surface area contributed by atoms with E-state index in [1.807, 2.05) is 24.3 Å².